The number of fused-ring (bicyclic) bond motifs is 5. The minimum Gasteiger partial charge on any atom is -0.293 e. The highest BCUT2D eigenvalue weighted by Crippen LogP contribution is 2.41. The minimum atomic E-state index is 0.642. The van der Waals surface area contributed by atoms with Gasteiger partial charge in [0, 0.05) is 33.3 Å². The summed E-state index contributed by atoms with van der Waals surface area (Å²) in [6.07, 6.45) is 0. The van der Waals surface area contributed by atoms with Gasteiger partial charge in [0.2, 0.25) is 0 Å². The first-order chi connectivity index (χ1) is 25.8. The zero-order chi connectivity index (χ0) is 34.4. The monoisotopic (exact) mass is 665 g/mol. The Morgan fingerprint density at radius 2 is 0.788 bits per heavy atom. The van der Waals surface area contributed by atoms with Crippen LogP contribution in [0.3, 0.4) is 0 Å². The largest absolute Gasteiger partial charge is 0.293 e. The topological polar surface area (TPSA) is 48.0 Å². The molecule has 0 saturated heterocycles. The van der Waals surface area contributed by atoms with Crippen LogP contribution in [0.25, 0.3) is 89.7 Å². The van der Waals surface area contributed by atoms with Gasteiger partial charge in [0.05, 0.1) is 16.6 Å². The van der Waals surface area contributed by atoms with Crippen LogP contribution >= 0.6 is 0 Å². The van der Waals surface area contributed by atoms with E-state index in [2.05, 4.69) is 136 Å². The van der Waals surface area contributed by atoms with Gasteiger partial charge in [-0.25, -0.2) is 15.0 Å². The summed E-state index contributed by atoms with van der Waals surface area (Å²) in [5.41, 5.74) is 13.3. The van der Waals surface area contributed by atoms with Gasteiger partial charge in [0.25, 0.3) is 0 Å². The molecule has 0 saturated carbocycles. The minimum absolute atomic E-state index is 0.642. The summed E-state index contributed by atoms with van der Waals surface area (Å²) in [5, 5.41) is 1.24. The first kappa shape index (κ1) is 29.8. The molecule has 10 aromatic rings. The van der Waals surface area contributed by atoms with Gasteiger partial charge >= 0.3 is 0 Å². The maximum Gasteiger partial charge on any atom is 0.164 e. The second-order valence-electron chi connectivity index (χ2n) is 12.9. The van der Waals surface area contributed by atoms with Gasteiger partial charge < -0.3 is 0 Å². The SMILES string of the molecule is c1ccc(-c2nc(-c3ccccc3)nc(-c3ccc(-c4cccc(-n5c6ccccc6n6c7ccccc7c(-c7ccccc7)c56)c4)cc3)n2)cc1. The molecule has 244 valence electrons. The van der Waals surface area contributed by atoms with Crippen molar-refractivity contribution in [2.45, 2.75) is 0 Å². The Balaban J connectivity index is 1.10. The van der Waals surface area contributed by atoms with E-state index in [0.717, 1.165) is 44.7 Å². The van der Waals surface area contributed by atoms with Crippen LogP contribution in [-0.4, -0.2) is 23.9 Å². The van der Waals surface area contributed by atoms with Crippen molar-refractivity contribution in [2.24, 2.45) is 0 Å². The molecular weight excluding hydrogens is 635 g/mol. The molecule has 7 aromatic carbocycles. The highest BCUT2D eigenvalue weighted by Gasteiger charge is 2.22. The van der Waals surface area contributed by atoms with E-state index >= 15 is 0 Å². The van der Waals surface area contributed by atoms with Crippen LogP contribution in [0.1, 0.15) is 0 Å². The fraction of sp³-hybridized carbons (Fsp3) is 0. The number of rotatable bonds is 6. The summed E-state index contributed by atoms with van der Waals surface area (Å²) >= 11 is 0. The summed E-state index contributed by atoms with van der Waals surface area (Å²) in [6, 6.07) is 65.7. The number of nitrogens with zero attached hydrogens (tertiary/aromatic N) is 5. The lowest BCUT2D eigenvalue weighted by Crippen LogP contribution is -2.00. The first-order valence-corrected chi connectivity index (χ1v) is 17.5. The molecule has 5 nitrogen and oxygen atoms in total. The maximum absolute atomic E-state index is 4.93. The summed E-state index contributed by atoms with van der Waals surface area (Å²) in [5.74, 6) is 1.95. The number of imidazole rings is 1. The lowest BCUT2D eigenvalue weighted by molar-refractivity contribution is 1.07. The Labute approximate surface area is 300 Å². The number of para-hydroxylation sites is 3. The lowest BCUT2D eigenvalue weighted by Gasteiger charge is -2.12. The van der Waals surface area contributed by atoms with Crippen LogP contribution in [0, 0.1) is 0 Å². The first-order valence-electron chi connectivity index (χ1n) is 17.5. The van der Waals surface area contributed by atoms with Crippen LogP contribution in [0.4, 0.5) is 0 Å². The molecule has 52 heavy (non-hydrogen) atoms. The van der Waals surface area contributed by atoms with Crippen molar-refractivity contribution in [3.05, 3.63) is 188 Å². The van der Waals surface area contributed by atoms with Crippen molar-refractivity contribution in [3.8, 4) is 62.1 Å². The summed E-state index contributed by atoms with van der Waals surface area (Å²) in [6.45, 7) is 0. The standard InChI is InChI=1S/C47H31N5/c1-4-15-33(16-5-1)43-39-23-10-11-24-40(39)52-42-26-13-12-25-41(42)51(47(43)52)38-22-14-21-37(31-38)32-27-29-36(30-28-32)46-49-44(34-17-6-2-7-18-34)48-45(50-46)35-19-8-3-9-20-35/h1-31H. The molecule has 0 radical (unpaired) electrons. The zero-order valence-electron chi connectivity index (χ0n) is 28.1. The van der Waals surface area contributed by atoms with E-state index in [9.17, 15) is 0 Å². The van der Waals surface area contributed by atoms with Crippen molar-refractivity contribution < 1.29 is 0 Å². The Morgan fingerprint density at radius 1 is 0.327 bits per heavy atom. The van der Waals surface area contributed by atoms with Crippen LogP contribution < -0.4 is 0 Å². The average Bonchev–Trinajstić information content (AvgIpc) is 3.74. The van der Waals surface area contributed by atoms with E-state index in [-0.39, 0.29) is 0 Å². The molecule has 0 bridgehead atoms. The van der Waals surface area contributed by atoms with Gasteiger partial charge in [0.1, 0.15) is 5.65 Å². The Morgan fingerprint density at radius 3 is 1.40 bits per heavy atom. The molecule has 0 aliphatic rings. The third kappa shape index (κ3) is 4.98. The smallest absolute Gasteiger partial charge is 0.164 e. The highest BCUT2D eigenvalue weighted by molar-refractivity contribution is 6.09. The van der Waals surface area contributed by atoms with Crippen LogP contribution in [0.2, 0.25) is 0 Å². The van der Waals surface area contributed by atoms with E-state index < -0.39 is 0 Å². The third-order valence-electron chi connectivity index (χ3n) is 9.77. The van der Waals surface area contributed by atoms with E-state index in [1.54, 1.807) is 0 Å². The molecule has 5 heteroatoms. The van der Waals surface area contributed by atoms with Crippen LogP contribution in [-0.2, 0) is 0 Å². The third-order valence-corrected chi connectivity index (χ3v) is 9.77. The normalized spacial score (nSPS) is 11.5. The van der Waals surface area contributed by atoms with E-state index in [4.69, 9.17) is 15.0 Å². The molecule has 0 unspecified atom stereocenters. The number of aromatic nitrogens is 5. The van der Waals surface area contributed by atoms with Crippen molar-refractivity contribution in [2.75, 3.05) is 0 Å². The molecule has 3 aromatic heterocycles. The van der Waals surface area contributed by atoms with Gasteiger partial charge in [-0.1, -0.05) is 158 Å². The van der Waals surface area contributed by atoms with Crippen molar-refractivity contribution in [1.82, 2.24) is 23.9 Å². The lowest BCUT2D eigenvalue weighted by atomic mass is 10.0. The molecule has 10 rings (SSSR count). The molecule has 0 aliphatic heterocycles. The van der Waals surface area contributed by atoms with Gasteiger partial charge in [-0.3, -0.25) is 8.97 Å². The van der Waals surface area contributed by atoms with E-state index in [1.165, 1.54) is 27.5 Å². The molecule has 0 fully saturated rings. The Hall–Kier alpha value is -7.11. The van der Waals surface area contributed by atoms with E-state index in [0.29, 0.717) is 17.5 Å². The van der Waals surface area contributed by atoms with Crippen molar-refractivity contribution in [3.63, 3.8) is 0 Å². The fourth-order valence-electron chi connectivity index (χ4n) is 7.36. The average molecular weight is 666 g/mol. The van der Waals surface area contributed by atoms with Crippen LogP contribution in [0.5, 0.6) is 0 Å². The number of hydrogen-bond acceptors (Lipinski definition) is 3. The van der Waals surface area contributed by atoms with Crippen LogP contribution in [0.15, 0.2) is 188 Å². The Kier molecular flexibility index (Phi) is 7.07. The quantitative estimate of drug-likeness (QED) is 0.178. The highest BCUT2D eigenvalue weighted by atomic mass is 15.1. The molecule has 0 amide bonds. The Bertz CT molecular complexity index is 2810. The molecule has 0 atom stereocenters. The second kappa shape index (κ2) is 12.3. The zero-order valence-corrected chi connectivity index (χ0v) is 28.1. The predicted molar refractivity (Wildman–Crippen MR) is 212 cm³/mol. The van der Waals surface area contributed by atoms with Gasteiger partial charge in [-0.15, -0.1) is 0 Å². The number of benzene rings is 7. The second-order valence-corrected chi connectivity index (χ2v) is 12.9. The molecule has 0 spiro atoms. The maximum atomic E-state index is 4.93. The van der Waals surface area contributed by atoms with Crippen molar-refractivity contribution >= 4 is 27.6 Å². The predicted octanol–water partition coefficient (Wildman–Crippen LogP) is 11.6. The summed E-state index contributed by atoms with van der Waals surface area (Å²) < 4.78 is 4.83. The van der Waals surface area contributed by atoms with Gasteiger partial charge in [-0.05, 0) is 47.0 Å². The molecule has 0 N–H and O–H groups in total. The number of hydrogen-bond donors (Lipinski definition) is 0. The fourth-order valence-corrected chi connectivity index (χ4v) is 7.36. The van der Waals surface area contributed by atoms with E-state index in [1.807, 2.05) is 60.7 Å². The summed E-state index contributed by atoms with van der Waals surface area (Å²) in [4.78, 5) is 14.7. The molecule has 0 aliphatic carbocycles. The summed E-state index contributed by atoms with van der Waals surface area (Å²) in [7, 11) is 0. The molecular formula is C47H31N5. The van der Waals surface area contributed by atoms with Gasteiger partial charge in [-0.2, -0.15) is 0 Å². The van der Waals surface area contributed by atoms with Gasteiger partial charge in [0.15, 0.2) is 17.5 Å². The molecule has 3 heterocycles. The van der Waals surface area contributed by atoms with Crippen molar-refractivity contribution in [1.29, 1.82) is 0 Å².